The first-order valence-corrected chi connectivity index (χ1v) is 13.4. The van der Waals surface area contributed by atoms with Crippen LogP contribution in [-0.4, -0.2) is 6.61 Å². The number of rotatable bonds is 4. The summed E-state index contributed by atoms with van der Waals surface area (Å²) in [5.74, 6) is 2.62. The van der Waals surface area contributed by atoms with Gasteiger partial charge in [-0.05, 0) is 58.2 Å². The topological polar surface area (TPSA) is 9.23 Å². The number of hydrogen-bond acceptors (Lipinski definition) is 4. The number of hydrogen-bond donors (Lipinski definition) is 0. The Hall–Kier alpha value is -0.680. The third-order valence-corrected chi connectivity index (χ3v) is 9.56. The van der Waals surface area contributed by atoms with Gasteiger partial charge in [-0.15, -0.1) is 34.0 Å². The summed E-state index contributed by atoms with van der Waals surface area (Å²) < 4.78 is 7.03. The highest BCUT2D eigenvalue weighted by Gasteiger charge is 2.23. The zero-order valence-electron chi connectivity index (χ0n) is 19.2. The second kappa shape index (κ2) is 9.64. The van der Waals surface area contributed by atoms with Gasteiger partial charge in [0.25, 0.3) is 0 Å². The van der Waals surface area contributed by atoms with Crippen LogP contribution in [0.1, 0.15) is 110 Å². The Morgan fingerprint density at radius 2 is 1.41 bits per heavy atom. The molecular formula is C25H36OS3. The molecule has 4 heterocycles. The van der Waals surface area contributed by atoms with Gasteiger partial charge in [0, 0.05) is 20.0 Å². The summed E-state index contributed by atoms with van der Waals surface area (Å²) in [5, 5.41) is 3.70. The van der Waals surface area contributed by atoms with E-state index >= 15 is 0 Å². The van der Waals surface area contributed by atoms with Gasteiger partial charge < -0.3 is 4.74 Å². The van der Waals surface area contributed by atoms with Crippen LogP contribution in [0.3, 0.4) is 0 Å². The lowest BCUT2D eigenvalue weighted by Gasteiger charge is -2.16. The van der Waals surface area contributed by atoms with Gasteiger partial charge in [0.2, 0.25) is 0 Å². The molecule has 0 saturated carbocycles. The van der Waals surface area contributed by atoms with Gasteiger partial charge in [0.05, 0.1) is 17.2 Å². The second-order valence-corrected chi connectivity index (χ2v) is 12.6. The Kier molecular flexibility index (Phi) is 7.64. The summed E-state index contributed by atoms with van der Waals surface area (Å²) in [4.78, 5) is 4.65. The molecule has 1 aliphatic rings. The van der Waals surface area contributed by atoms with E-state index in [-0.39, 0.29) is 0 Å². The molecule has 3 aromatic heterocycles. The van der Waals surface area contributed by atoms with Crippen molar-refractivity contribution in [2.75, 3.05) is 6.61 Å². The fourth-order valence-corrected chi connectivity index (χ4v) is 8.11. The van der Waals surface area contributed by atoms with Crippen molar-refractivity contribution in [3.63, 3.8) is 0 Å². The maximum Gasteiger partial charge on any atom is 0.0870 e. The lowest BCUT2D eigenvalue weighted by atomic mass is 9.92. The summed E-state index contributed by atoms with van der Waals surface area (Å²) in [6.07, 6.45) is 1.12. The van der Waals surface area contributed by atoms with Crippen LogP contribution < -0.4 is 0 Å². The largest absolute Gasteiger partial charge is 0.376 e. The van der Waals surface area contributed by atoms with Crippen LogP contribution in [0.4, 0.5) is 0 Å². The molecule has 0 amide bonds. The third kappa shape index (κ3) is 4.81. The Morgan fingerprint density at radius 3 is 2.00 bits per heavy atom. The molecular weight excluding hydrogens is 412 g/mol. The average Bonchev–Trinajstić information content (AvgIpc) is 3.33. The van der Waals surface area contributed by atoms with Gasteiger partial charge >= 0.3 is 0 Å². The van der Waals surface area contributed by atoms with Gasteiger partial charge in [-0.2, -0.15) is 0 Å². The molecule has 0 fully saturated rings. The molecule has 0 unspecified atom stereocenters. The van der Waals surface area contributed by atoms with E-state index in [1.807, 2.05) is 34.0 Å². The monoisotopic (exact) mass is 448 g/mol. The van der Waals surface area contributed by atoms with Crippen molar-refractivity contribution in [2.45, 2.75) is 92.1 Å². The lowest BCUT2D eigenvalue weighted by Crippen LogP contribution is -2.09. The average molecular weight is 449 g/mol. The zero-order valence-corrected chi connectivity index (χ0v) is 21.7. The molecule has 3 aromatic rings. The molecule has 0 spiro atoms. The third-order valence-electron chi connectivity index (χ3n) is 5.48. The summed E-state index contributed by atoms with van der Waals surface area (Å²) >= 11 is 5.83. The summed E-state index contributed by atoms with van der Waals surface area (Å²) in [7, 11) is 0. The van der Waals surface area contributed by atoms with Gasteiger partial charge in [-0.25, -0.2) is 0 Å². The number of ether oxygens (including phenoxy) is 1. The second-order valence-electron chi connectivity index (χ2n) is 9.20. The van der Waals surface area contributed by atoms with Gasteiger partial charge in [0.1, 0.15) is 0 Å². The molecule has 29 heavy (non-hydrogen) atoms. The molecule has 0 atom stereocenters. The molecule has 0 aliphatic carbocycles. The Bertz CT molecular complexity index is 937. The highest BCUT2D eigenvalue weighted by atomic mass is 32.2. The van der Waals surface area contributed by atoms with Crippen LogP contribution in [-0.2, 0) is 17.8 Å². The minimum Gasteiger partial charge on any atom is -0.376 e. The van der Waals surface area contributed by atoms with E-state index in [1.165, 1.54) is 14.3 Å². The fraction of sp³-hybridized carbons (Fsp3) is 0.600. The van der Waals surface area contributed by atoms with E-state index in [0.717, 1.165) is 19.6 Å². The molecule has 0 bridgehead atoms. The normalized spacial score (nSPS) is 14.2. The van der Waals surface area contributed by atoms with Crippen molar-refractivity contribution < 1.29 is 4.74 Å². The molecule has 0 saturated heterocycles. The van der Waals surface area contributed by atoms with Crippen LogP contribution in [0.25, 0.3) is 9.40 Å². The van der Waals surface area contributed by atoms with Crippen molar-refractivity contribution in [2.24, 2.45) is 0 Å². The van der Waals surface area contributed by atoms with E-state index in [4.69, 9.17) is 4.74 Å². The zero-order chi connectivity index (χ0) is 21.3. The molecule has 0 N–H and O–H groups in total. The molecule has 0 radical (unpaired) electrons. The standard InChI is InChI=1S/C13H20OS.C12H16S2/c1-8(2)12-10-5-6-14-7-11(10)15-13(12)9(3)4;1-7(2)10-9-5-6-13-12(9)14-11(10)8(3)4/h8-9H,5-7H2,1-4H3;5-8H,1-4H3. The molecule has 0 aromatic carbocycles. The van der Waals surface area contributed by atoms with Crippen molar-refractivity contribution in [1.29, 1.82) is 0 Å². The van der Waals surface area contributed by atoms with Crippen LogP contribution in [0.2, 0.25) is 0 Å². The van der Waals surface area contributed by atoms with Crippen LogP contribution in [0, 0.1) is 0 Å². The highest BCUT2D eigenvalue weighted by Crippen LogP contribution is 2.42. The van der Waals surface area contributed by atoms with E-state index < -0.39 is 0 Å². The Labute approximate surface area is 189 Å². The number of thiophene rings is 3. The Balaban J connectivity index is 0.000000166. The summed E-state index contributed by atoms with van der Waals surface area (Å²) in [6.45, 7) is 20.1. The first kappa shape index (κ1) is 23.0. The molecule has 1 nitrogen and oxygen atoms in total. The minimum atomic E-state index is 0.649. The maximum absolute atomic E-state index is 5.53. The van der Waals surface area contributed by atoms with Crippen LogP contribution in [0.15, 0.2) is 11.4 Å². The quantitative estimate of drug-likeness (QED) is 0.386. The molecule has 4 rings (SSSR count). The fourth-order valence-electron chi connectivity index (χ4n) is 4.23. The first-order valence-electron chi connectivity index (χ1n) is 10.9. The highest BCUT2D eigenvalue weighted by molar-refractivity contribution is 7.37. The predicted molar refractivity (Wildman–Crippen MR) is 134 cm³/mol. The van der Waals surface area contributed by atoms with Crippen LogP contribution in [0.5, 0.6) is 0 Å². The van der Waals surface area contributed by atoms with E-state index in [9.17, 15) is 0 Å². The van der Waals surface area contributed by atoms with E-state index in [2.05, 4.69) is 66.8 Å². The molecule has 1 aliphatic heterocycles. The van der Waals surface area contributed by atoms with E-state index in [0.29, 0.717) is 23.7 Å². The predicted octanol–water partition coefficient (Wildman–Crippen LogP) is 9.28. The molecule has 4 heteroatoms. The smallest absolute Gasteiger partial charge is 0.0870 e. The van der Waals surface area contributed by atoms with Gasteiger partial charge in [-0.1, -0.05) is 55.4 Å². The molecule has 160 valence electrons. The van der Waals surface area contributed by atoms with E-state index in [1.54, 1.807) is 26.4 Å². The van der Waals surface area contributed by atoms with Crippen molar-refractivity contribution in [3.8, 4) is 0 Å². The number of fused-ring (bicyclic) bond motifs is 2. The Morgan fingerprint density at radius 1 is 0.793 bits per heavy atom. The van der Waals surface area contributed by atoms with Crippen molar-refractivity contribution >= 4 is 43.4 Å². The SMILES string of the molecule is CC(C)c1sc2c(c1C(C)C)CCOC2.CC(C)c1sc2sccc2c1C(C)C. The summed E-state index contributed by atoms with van der Waals surface area (Å²) in [6, 6.07) is 2.28. The van der Waals surface area contributed by atoms with Gasteiger partial charge in [0.15, 0.2) is 0 Å². The first-order chi connectivity index (χ1) is 13.7. The van der Waals surface area contributed by atoms with Gasteiger partial charge in [-0.3, -0.25) is 0 Å². The summed E-state index contributed by atoms with van der Waals surface area (Å²) in [5.41, 5.74) is 4.81. The van der Waals surface area contributed by atoms with Crippen molar-refractivity contribution in [3.05, 3.63) is 42.8 Å². The minimum absolute atomic E-state index is 0.649. The maximum atomic E-state index is 5.53. The van der Waals surface area contributed by atoms with Crippen molar-refractivity contribution in [1.82, 2.24) is 0 Å². The lowest BCUT2D eigenvalue weighted by molar-refractivity contribution is 0.113. The van der Waals surface area contributed by atoms with Crippen LogP contribution >= 0.6 is 34.0 Å².